The SMILES string of the molecule is CCNCc1cncc(-c2ccc3[nH]nc(-c4nc5c(N6CCN(C)CC6)cncc5[nH]4)c3n2)c1. The van der Waals surface area contributed by atoms with Crippen LogP contribution < -0.4 is 10.2 Å². The molecule has 5 aromatic heterocycles. The summed E-state index contributed by atoms with van der Waals surface area (Å²) < 4.78 is 0. The van der Waals surface area contributed by atoms with Gasteiger partial charge >= 0.3 is 0 Å². The van der Waals surface area contributed by atoms with Crippen molar-refractivity contribution in [2.24, 2.45) is 0 Å². The molecular formula is C25H28N10. The summed E-state index contributed by atoms with van der Waals surface area (Å²) >= 11 is 0. The van der Waals surface area contributed by atoms with Crippen molar-refractivity contribution < 1.29 is 0 Å². The van der Waals surface area contributed by atoms with Gasteiger partial charge in [0.25, 0.3) is 0 Å². The molecule has 0 saturated carbocycles. The topological polar surface area (TPSA) is 115 Å². The molecule has 0 aromatic carbocycles. The van der Waals surface area contributed by atoms with Crippen LogP contribution in [0.25, 0.3) is 44.8 Å². The van der Waals surface area contributed by atoms with E-state index in [4.69, 9.17) is 9.97 Å². The second-order valence-electron chi connectivity index (χ2n) is 8.96. The lowest BCUT2D eigenvalue weighted by Gasteiger charge is -2.33. The van der Waals surface area contributed by atoms with E-state index in [0.29, 0.717) is 11.5 Å². The third kappa shape index (κ3) is 4.11. The first-order valence-corrected chi connectivity index (χ1v) is 12.0. The van der Waals surface area contributed by atoms with Gasteiger partial charge in [0, 0.05) is 50.7 Å². The number of fused-ring (bicyclic) bond motifs is 2. The number of imidazole rings is 1. The molecule has 35 heavy (non-hydrogen) atoms. The van der Waals surface area contributed by atoms with Crippen LogP contribution in [0.15, 0.2) is 43.0 Å². The minimum atomic E-state index is 0.679. The van der Waals surface area contributed by atoms with E-state index in [1.54, 1.807) is 0 Å². The third-order valence-electron chi connectivity index (χ3n) is 6.52. The normalized spacial score (nSPS) is 14.9. The summed E-state index contributed by atoms with van der Waals surface area (Å²) in [5.41, 5.74) is 8.12. The molecule has 6 rings (SSSR count). The van der Waals surface area contributed by atoms with Gasteiger partial charge in [-0.15, -0.1) is 0 Å². The second kappa shape index (κ2) is 9.05. The molecule has 1 aliphatic rings. The highest BCUT2D eigenvalue weighted by Crippen LogP contribution is 2.31. The van der Waals surface area contributed by atoms with Gasteiger partial charge in [0.15, 0.2) is 11.5 Å². The monoisotopic (exact) mass is 468 g/mol. The van der Waals surface area contributed by atoms with Gasteiger partial charge in [-0.3, -0.25) is 15.1 Å². The van der Waals surface area contributed by atoms with Gasteiger partial charge in [-0.2, -0.15) is 5.10 Å². The minimum Gasteiger partial charge on any atom is -0.366 e. The molecule has 0 spiro atoms. The molecule has 6 heterocycles. The van der Waals surface area contributed by atoms with Gasteiger partial charge < -0.3 is 20.1 Å². The lowest BCUT2D eigenvalue weighted by molar-refractivity contribution is 0.313. The molecule has 0 bridgehead atoms. The maximum atomic E-state index is 4.96. The Hall–Kier alpha value is -3.89. The van der Waals surface area contributed by atoms with Crippen molar-refractivity contribution in [1.29, 1.82) is 0 Å². The van der Waals surface area contributed by atoms with Crippen LogP contribution in [0.2, 0.25) is 0 Å². The number of likely N-dealkylation sites (N-methyl/N-ethyl adjacent to an activating group) is 1. The number of aromatic nitrogens is 7. The molecule has 1 aliphatic heterocycles. The number of anilines is 1. The van der Waals surface area contributed by atoms with Gasteiger partial charge in [-0.1, -0.05) is 6.92 Å². The molecule has 1 fully saturated rings. The van der Waals surface area contributed by atoms with Crippen LogP contribution in [0, 0.1) is 0 Å². The Kier molecular flexibility index (Phi) is 5.59. The Labute approximate surface area is 202 Å². The van der Waals surface area contributed by atoms with Crippen molar-refractivity contribution in [2.75, 3.05) is 44.7 Å². The summed E-state index contributed by atoms with van der Waals surface area (Å²) in [5.74, 6) is 0.679. The molecule has 178 valence electrons. The predicted molar refractivity (Wildman–Crippen MR) is 137 cm³/mol. The fourth-order valence-electron chi connectivity index (χ4n) is 4.53. The van der Waals surface area contributed by atoms with E-state index >= 15 is 0 Å². The van der Waals surface area contributed by atoms with E-state index in [9.17, 15) is 0 Å². The van der Waals surface area contributed by atoms with Crippen molar-refractivity contribution in [1.82, 2.24) is 45.3 Å². The van der Waals surface area contributed by atoms with Gasteiger partial charge in [-0.25, -0.2) is 9.97 Å². The van der Waals surface area contributed by atoms with Crippen LogP contribution in [0.4, 0.5) is 5.69 Å². The van der Waals surface area contributed by atoms with Crippen molar-refractivity contribution >= 4 is 27.8 Å². The number of nitrogens with one attached hydrogen (secondary N) is 3. The molecular weight excluding hydrogens is 440 g/mol. The maximum Gasteiger partial charge on any atom is 0.161 e. The van der Waals surface area contributed by atoms with Gasteiger partial charge in [0.1, 0.15) is 11.0 Å². The van der Waals surface area contributed by atoms with E-state index < -0.39 is 0 Å². The predicted octanol–water partition coefficient (Wildman–Crippen LogP) is 2.82. The van der Waals surface area contributed by atoms with Crippen molar-refractivity contribution in [3.05, 3.63) is 48.5 Å². The van der Waals surface area contributed by atoms with Crippen LogP contribution in [0.1, 0.15) is 12.5 Å². The number of piperazine rings is 1. The molecule has 0 atom stereocenters. The Morgan fingerprint density at radius 3 is 2.66 bits per heavy atom. The average molecular weight is 469 g/mol. The molecule has 5 aromatic rings. The van der Waals surface area contributed by atoms with E-state index in [2.05, 4.69) is 60.3 Å². The Bertz CT molecular complexity index is 1480. The third-order valence-corrected chi connectivity index (χ3v) is 6.52. The fraction of sp³-hybridized carbons (Fsp3) is 0.320. The van der Waals surface area contributed by atoms with Crippen molar-refractivity contribution in [3.63, 3.8) is 0 Å². The number of hydrogen-bond donors (Lipinski definition) is 3. The van der Waals surface area contributed by atoms with Gasteiger partial charge in [0.2, 0.25) is 0 Å². The summed E-state index contributed by atoms with van der Waals surface area (Å²) in [5, 5.41) is 11.0. The zero-order valence-electron chi connectivity index (χ0n) is 19.9. The highest BCUT2D eigenvalue weighted by molar-refractivity contribution is 5.94. The molecule has 0 amide bonds. The van der Waals surface area contributed by atoms with Crippen LogP contribution >= 0.6 is 0 Å². The summed E-state index contributed by atoms with van der Waals surface area (Å²) in [7, 11) is 2.15. The maximum absolute atomic E-state index is 4.96. The second-order valence-corrected chi connectivity index (χ2v) is 8.96. The quantitative estimate of drug-likeness (QED) is 0.349. The van der Waals surface area contributed by atoms with Crippen LogP contribution in [0.3, 0.4) is 0 Å². The number of aromatic amines is 2. The Morgan fingerprint density at radius 1 is 0.943 bits per heavy atom. The highest BCUT2D eigenvalue weighted by atomic mass is 15.3. The van der Waals surface area contributed by atoms with Crippen LogP contribution in [-0.4, -0.2) is 79.8 Å². The molecule has 1 saturated heterocycles. The first-order chi connectivity index (χ1) is 17.2. The van der Waals surface area contributed by atoms with Crippen molar-refractivity contribution in [2.45, 2.75) is 13.5 Å². The first kappa shape index (κ1) is 21.6. The number of pyridine rings is 3. The standard InChI is InChI=1S/C25H28N10/c1-3-26-11-16-10-17(13-27-12-16)18-4-5-19-23(29-18)24(33-32-19)25-30-20-14-28-15-21(22(20)31-25)35-8-6-34(2)7-9-35/h4-5,10,12-15,26H,3,6-9,11H2,1-2H3,(H,30,31)(H,32,33). The molecule has 0 radical (unpaired) electrons. The number of hydrogen-bond acceptors (Lipinski definition) is 8. The van der Waals surface area contributed by atoms with E-state index in [1.807, 2.05) is 36.9 Å². The molecule has 3 N–H and O–H groups in total. The van der Waals surface area contributed by atoms with E-state index in [0.717, 1.165) is 83.8 Å². The van der Waals surface area contributed by atoms with Gasteiger partial charge in [0.05, 0.1) is 34.8 Å². The Balaban J connectivity index is 1.38. The van der Waals surface area contributed by atoms with Crippen LogP contribution in [-0.2, 0) is 6.54 Å². The van der Waals surface area contributed by atoms with E-state index in [1.165, 1.54) is 0 Å². The lowest BCUT2D eigenvalue weighted by Crippen LogP contribution is -2.44. The molecule has 0 unspecified atom stereocenters. The average Bonchev–Trinajstić information content (AvgIpc) is 3.51. The lowest BCUT2D eigenvalue weighted by atomic mass is 10.1. The summed E-state index contributed by atoms with van der Waals surface area (Å²) in [6, 6.07) is 6.12. The summed E-state index contributed by atoms with van der Waals surface area (Å²) in [4.78, 5) is 26.9. The largest absolute Gasteiger partial charge is 0.366 e. The first-order valence-electron chi connectivity index (χ1n) is 12.0. The minimum absolute atomic E-state index is 0.679. The zero-order chi connectivity index (χ0) is 23.8. The molecule has 0 aliphatic carbocycles. The zero-order valence-corrected chi connectivity index (χ0v) is 19.9. The molecule has 10 nitrogen and oxygen atoms in total. The summed E-state index contributed by atoms with van der Waals surface area (Å²) in [6.07, 6.45) is 7.46. The number of H-pyrrole nitrogens is 2. The van der Waals surface area contributed by atoms with Crippen molar-refractivity contribution in [3.8, 4) is 22.8 Å². The molecule has 10 heteroatoms. The van der Waals surface area contributed by atoms with Crippen LogP contribution in [0.5, 0.6) is 0 Å². The van der Waals surface area contributed by atoms with E-state index in [-0.39, 0.29) is 0 Å². The highest BCUT2D eigenvalue weighted by Gasteiger charge is 2.21. The van der Waals surface area contributed by atoms with Gasteiger partial charge in [-0.05, 0) is 37.4 Å². The smallest absolute Gasteiger partial charge is 0.161 e. The fourth-order valence-corrected chi connectivity index (χ4v) is 4.53. The number of nitrogens with zero attached hydrogens (tertiary/aromatic N) is 7. The summed E-state index contributed by atoms with van der Waals surface area (Å²) in [6.45, 7) is 7.74. The number of rotatable bonds is 6. The Morgan fingerprint density at radius 2 is 1.80 bits per heavy atom.